The van der Waals surface area contributed by atoms with Crippen molar-refractivity contribution in [1.82, 2.24) is 0 Å². The SMILES string of the molecule is CC(CCC(C)C(=O)OCCOC(=O)C(=O)c1ccccc1)C(N)=O. The van der Waals surface area contributed by atoms with E-state index in [2.05, 4.69) is 0 Å². The summed E-state index contributed by atoms with van der Waals surface area (Å²) in [5, 5.41) is 0. The Kier molecular flexibility index (Phi) is 8.32. The van der Waals surface area contributed by atoms with Gasteiger partial charge in [-0.3, -0.25) is 14.4 Å². The fraction of sp³-hybridized carbons (Fsp3) is 0.444. The number of esters is 2. The number of ketones is 1. The van der Waals surface area contributed by atoms with Crippen LogP contribution >= 0.6 is 0 Å². The molecule has 1 aromatic rings. The molecule has 0 spiro atoms. The average molecular weight is 349 g/mol. The molecular weight excluding hydrogens is 326 g/mol. The second-order valence-corrected chi connectivity index (χ2v) is 5.78. The number of hydrogen-bond acceptors (Lipinski definition) is 6. The Labute approximate surface area is 146 Å². The minimum atomic E-state index is -0.995. The molecular formula is C18H23NO6. The second kappa shape index (κ2) is 10.2. The van der Waals surface area contributed by atoms with Gasteiger partial charge in [-0.1, -0.05) is 44.2 Å². The third kappa shape index (κ3) is 7.15. The van der Waals surface area contributed by atoms with Crippen molar-refractivity contribution in [3.63, 3.8) is 0 Å². The maximum absolute atomic E-state index is 11.8. The van der Waals surface area contributed by atoms with E-state index >= 15 is 0 Å². The number of ether oxygens (including phenoxy) is 2. The molecule has 2 unspecified atom stereocenters. The zero-order valence-corrected chi connectivity index (χ0v) is 14.4. The van der Waals surface area contributed by atoms with Gasteiger partial charge in [0.2, 0.25) is 5.91 Å². The molecule has 7 heteroatoms. The molecule has 0 radical (unpaired) electrons. The third-order valence-electron chi connectivity index (χ3n) is 3.70. The van der Waals surface area contributed by atoms with E-state index in [0.29, 0.717) is 12.8 Å². The molecule has 0 fully saturated rings. The van der Waals surface area contributed by atoms with Crippen LogP contribution in [-0.2, 0) is 23.9 Å². The number of hydrogen-bond donors (Lipinski definition) is 1. The molecule has 2 N–H and O–H groups in total. The number of Topliss-reactive ketones (excluding diaryl/α,β-unsaturated/α-hetero) is 1. The molecule has 0 bridgehead atoms. The molecule has 2 atom stereocenters. The minimum Gasteiger partial charge on any atom is -0.462 e. The molecule has 0 saturated carbocycles. The number of carbonyl (C=O) groups is 4. The van der Waals surface area contributed by atoms with Crippen LogP contribution in [0, 0.1) is 11.8 Å². The molecule has 0 heterocycles. The molecule has 7 nitrogen and oxygen atoms in total. The van der Waals surface area contributed by atoms with Crippen LogP contribution in [0.25, 0.3) is 0 Å². The van der Waals surface area contributed by atoms with E-state index in [-0.39, 0.29) is 24.7 Å². The minimum absolute atomic E-state index is 0.137. The van der Waals surface area contributed by atoms with E-state index in [0.717, 1.165) is 0 Å². The van der Waals surface area contributed by atoms with Crippen LogP contribution in [0.2, 0.25) is 0 Å². The predicted octanol–water partition coefficient (Wildman–Crippen LogP) is 1.49. The first kappa shape index (κ1) is 20.3. The number of rotatable bonds is 10. The van der Waals surface area contributed by atoms with Crippen LogP contribution in [0.15, 0.2) is 30.3 Å². The molecule has 136 valence electrons. The Morgan fingerprint density at radius 2 is 1.48 bits per heavy atom. The summed E-state index contributed by atoms with van der Waals surface area (Å²) in [5.41, 5.74) is 5.40. The predicted molar refractivity (Wildman–Crippen MR) is 89.4 cm³/mol. The summed E-state index contributed by atoms with van der Waals surface area (Å²) >= 11 is 0. The summed E-state index contributed by atoms with van der Waals surface area (Å²) < 4.78 is 9.78. The van der Waals surface area contributed by atoms with Gasteiger partial charge in [0, 0.05) is 11.5 Å². The zero-order valence-electron chi connectivity index (χ0n) is 14.4. The highest BCUT2D eigenvalue weighted by Gasteiger charge is 2.19. The third-order valence-corrected chi connectivity index (χ3v) is 3.70. The van der Waals surface area contributed by atoms with Gasteiger partial charge >= 0.3 is 11.9 Å². The van der Waals surface area contributed by atoms with E-state index in [1.54, 1.807) is 32.0 Å². The zero-order chi connectivity index (χ0) is 18.8. The summed E-state index contributed by atoms with van der Waals surface area (Å²) in [6.45, 7) is 3.04. The highest BCUT2D eigenvalue weighted by molar-refractivity contribution is 6.40. The van der Waals surface area contributed by atoms with E-state index in [9.17, 15) is 19.2 Å². The van der Waals surface area contributed by atoms with Crippen molar-refractivity contribution in [3.05, 3.63) is 35.9 Å². The van der Waals surface area contributed by atoms with Gasteiger partial charge in [0.15, 0.2) is 0 Å². The van der Waals surface area contributed by atoms with Crippen LogP contribution in [0.5, 0.6) is 0 Å². The lowest BCUT2D eigenvalue weighted by Gasteiger charge is -2.13. The van der Waals surface area contributed by atoms with Crippen LogP contribution in [-0.4, -0.2) is 36.8 Å². The Bertz CT molecular complexity index is 613. The fourth-order valence-corrected chi connectivity index (χ4v) is 1.95. The number of carbonyl (C=O) groups excluding carboxylic acids is 4. The van der Waals surface area contributed by atoms with Gasteiger partial charge in [0.05, 0.1) is 5.92 Å². The van der Waals surface area contributed by atoms with Crippen LogP contribution in [0.3, 0.4) is 0 Å². The van der Waals surface area contributed by atoms with Crippen molar-refractivity contribution in [1.29, 1.82) is 0 Å². The van der Waals surface area contributed by atoms with E-state index < -0.39 is 29.5 Å². The maximum Gasteiger partial charge on any atom is 0.379 e. The molecule has 0 aliphatic carbocycles. The van der Waals surface area contributed by atoms with Crippen molar-refractivity contribution < 1.29 is 28.7 Å². The largest absolute Gasteiger partial charge is 0.462 e. The summed E-state index contributed by atoms with van der Waals surface area (Å²) in [4.78, 5) is 46.1. The van der Waals surface area contributed by atoms with Gasteiger partial charge in [-0.2, -0.15) is 0 Å². The molecule has 0 aromatic heterocycles. The van der Waals surface area contributed by atoms with Gasteiger partial charge in [-0.25, -0.2) is 4.79 Å². The first-order valence-electron chi connectivity index (χ1n) is 8.05. The molecule has 0 saturated heterocycles. The van der Waals surface area contributed by atoms with Gasteiger partial charge in [0.25, 0.3) is 5.78 Å². The lowest BCUT2D eigenvalue weighted by molar-refractivity contribution is -0.153. The molecule has 1 aromatic carbocycles. The van der Waals surface area contributed by atoms with Gasteiger partial charge in [0.1, 0.15) is 13.2 Å². The summed E-state index contributed by atoms with van der Waals surface area (Å²) in [5.74, 6) is -3.31. The topological polar surface area (TPSA) is 113 Å². The number of benzene rings is 1. The Morgan fingerprint density at radius 3 is 2.08 bits per heavy atom. The highest BCUT2D eigenvalue weighted by atomic mass is 16.6. The van der Waals surface area contributed by atoms with E-state index in [1.165, 1.54) is 12.1 Å². The standard InChI is InChI=1S/C18H23NO6/c1-12(16(19)21)8-9-13(2)17(22)24-10-11-25-18(23)15(20)14-6-4-3-5-7-14/h3-7,12-13H,8-11H2,1-2H3,(H2,19,21). The first-order valence-corrected chi connectivity index (χ1v) is 8.05. The first-order chi connectivity index (χ1) is 11.8. The number of primary amides is 1. The van der Waals surface area contributed by atoms with Gasteiger partial charge in [-0.05, 0) is 12.8 Å². The normalized spacial score (nSPS) is 12.7. The fourth-order valence-electron chi connectivity index (χ4n) is 1.95. The van der Waals surface area contributed by atoms with E-state index in [4.69, 9.17) is 15.2 Å². The van der Waals surface area contributed by atoms with Crippen molar-refractivity contribution in [3.8, 4) is 0 Å². The molecule has 0 aliphatic rings. The lowest BCUT2D eigenvalue weighted by atomic mass is 9.98. The average Bonchev–Trinajstić information content (AvgIpc) is 2.62. The number of amides is 1. The monoisotopic (exact) mass is 349 g/mol. The van der Waals surface area contributed by atoms with Crippen molar-refractivity contribution in [2.75, 3.05) is 13.2 Å². The Balaban J connectivity index is 2.26. The molecule has 25 heavy (non-hydrogen) atoms. The Hall–Kier alpha value is -2.70. The lowest BCUT2D eigenvalue weighted by Crippen LogP contribution is -2.24. The highest BCUT2D eigenvalue weighted by Crippen LogP contribution is 2.13. The summed E-state index contributed by atoms with van der Waals surface area (Å²) in [6.07, 6.45) is 0.960. The van der Waals surface area contributed by atoms with Crippen LogP contribution in [0.4, 0.5) is 0 Å². The van der Waals surface area contributed by atoms with E-state index in [1.807, 2.05) is 0 Å². The summed E-state index contributed by atoms with van der Waals surface area (Å²) in [7, 11) is 0. The molecule has 1 rings (SSSR count). The van der Waals surface area contributed by atoms with Crippen LogP contribution in [0.1, 0.15) is 37.0 Å². The number of nitrogens with two attached hydrogens (primary N) is 1. The van der Waals surface area contributed by atoms with Crippen molar-refractivity contribution >= 4 is 23.6 Å². The van der Waals surface area contributed by atoms with Crippen molar-refractivity contribution in [2.24, 2.45) is 17.6 Å². The van der Waals surface area contributed by atoms with Gasteiger partial charge in [-0.15, -0.1) is 0 Å². The van der Waals surface area contributed by atoms with Gasteiger partial charge < -0.3 is 15.2 Å². The smallest absolute Gasteiger partial charge is 0.379 e. The van der Waals surface area contributed by atoms with Crippen molar-refractivity contribution in [2.45, 2.75) is 26.7 Å². The summed E-state index contributed by atoms with van der Waals surface area (Å²) in [6, 6.07) is 8.04. The second-order valence-electron chi connectivity index (χ2n) is 5.78. The quantitative estimate of drug-likeness (QED) is 0.296. The maximum atomic E-state index is 11.8. The van der Waals surface area contributed by atoms with Crippen LogP contribution < -0.4 is 5.73 Å². The molecule has 0 aliphatic heterocycles. The Morgan fingerprint density at radius 1 is 0.920 bits per heavy atom. The molecule has 1 amide bonds.